The van der Waals surface area contributed by atoms with Gasteiger partial charge in [0.1, 0.15) is 5.82 Å². The molecule has 1 aromatic carbocycles. The van der Waals surface area contributed by atoms with Gasteiger partial charge in [-0.1, -0.05) is 6.07 Å². The molecule has 0 aliphatic carbocycles. The van der Waals surface area contributed by atoms with Gasteiger partial charge in [0.05, 0.1) is 0 Å². The quantitative estimate of drug-likeness (QED) is 0.852. The predicted molar refractivity (Wildman–Crippen MR) is 61.1 cm³/mol. The number of benzene rings is 1. The number of halogens is 2. The largest absolute Gasteiger partial charge is 0.328 e. The Morgan fingerprint density at radius 2 is 2.23 bits per heavy atom. The van der Waals surface area contributed by atoms with E-state index in [2.05, 4.69) is 22.6 Å². The molecule has 0 heterocycles. The molecule has 1 nitrogen and oxygen atoms in total. The second kappa shape index (κ2) is 4.91. The van der Waals surface area contributed by atoms with Gasteiger partial charge in [0.2, 0.25) is 0 Å². The van der Waals surface area contributed by atoms with Crippen LogP contribution in [0.5, 0.6) is 0 Å². The van der Waals surface area contributed by atoms with E-state index >= 15 is 0 Å². The Kier molecular flexibility index (Phi) is 4.12. The minimum absolute atomic E-state index is 0.172. The van der Waals surface area contributed by atoms with E-state index in [-0.39, 0.29) is 11.9 Å². The average Bonchev–Trinajstić information content (AvgIpc) is 2.02. The predicted octanol–water partition coefficient (Wildman–Crippen LogP) is 2.71. The Hall–Kier alpha value is -0.160. The lowest BCUT2D eigenvalue weighted by Crippen LogP contribution is -2.15. The maximum Gasteiger partial charge on any atom is 0.124 e. The molecule has 1 aromatic rings. The van der Waals surface area contributed by atoms with E-state index in [4.69, 9.17) is 5.73 Å². The van der Waals surface area contributed by atoms with Crippen molar-refractivity contribution in [3.63, 3.8) is 0 Å². The van der Waals surface area contributed by atoms with Gasteiger partial charge in [-0.15, -0.1) is 0 Å². The van der Waals surface area contributed by atoms with Gasteiger partial charge < -0.3 is 5.73 Å². The second-order valence-electron chi connectivity index (χ2n) is 3.25. The maximum atomic E-state index is 12.7. The van der Waals surface area contributed by atoms with Crippen LogP contribution in [0.3, 0.4) is 0 Å². The molecule has 0 amide bonds. The SMILES string of the molecule is C[C@H](N)CCc1ccc(F)cc1I. The summed E-state index contributed by atoms with van der Waals surface area (Å²) < 4.78 is 13.7. The topological polar surface area (TPSA) is 26.0 Å². The van der Waals surface area contributed by atoms with Gasteiger partial charge in [0, 0.05) is 9.61 Å². The molecule has 0 aliphatic heterocycles. The van der Waals surface area contributed by atoms with Gasteiger partial charge in [0.15, 0.2) is 0 Å². The van der Waals surface area contributed by atoms with Crippen molar-refractivity contribution in [1.29, 1.82) is 0 Å². The summed E-state index contributed by atoms with van der Waals surface area (Å²) in [4.78, 5) is 0. The zero-order chi connectivity index (χ0) is 9.84. The van der Waals surface area contributed by atoms with Crippen LogP contribution in [0.15, 0.2) is 18.2 Å². The van der Waals surface area contributed by atoms with E-state index in [1.807, 2.05) is 13.0 Å². The first-order valence-electron chi connectivity index (χ1n) is 4.29. The van der Waals surface area contributed by atoms with Gasteiger partial charge >= 0.3 is 0 Å². The van der Waals surface area contributed by atoms with E-state index < -0.39 is 0 Å². The molecule has 1 rings (SSSR count). The Balaban J connectivity index is 2.67. The van der Waals surface area contributed by atoms with Crippen LogP contribution < -0.4 is 5.73 Å². The molecule has 0 unspecified atom stereocenters. The highest BCUT2D eigenvalue weighted by Crippen LogP contribution is 2.15. The number of hydrogen-bond donors (Lipinski definition) is 1. The third kappa shape index (κ3) is 3.60. The molecule has 1 atom stereocenters. The van der Waals surface area contributed by atoms with E-state index in [1.54, 1.807) is 6.07 Å². The smallest absolute Gasteiger partial charge is 0.124 e. The fourth-order valence-electron chi connectivity index (χ4n) is 1.11. The van der Waals surface area contributed by atoms with Crippen molar-refractivity contribution in [2.75, 3.05) is 0 Å². The van der Waals surface area contributed by atoms with Crippen molar-refractivity contribution in [1.82, 2.24) is 0 Å². The molecule has 0 fully saturated rings. The standard InChI is InChI=1S/C10H13FIN/c1-7(13)2-3-8-4-5-9(11)6-10(8)12/h4-7H,2-3,13H2,1H3/t7-/m0/s1. The minimum Gasteiger partial charge on any atom is -0.328 e. The Morgan fingerprint density at radius 3 is 2.77 bits per heavy atom. The fraction of sp³-hybridized carbons (Fsp3) is 0.400. The molecular weight excluding hydrogens is 280 g/mol. The molecule has 0 radical (unpaired) electrons. The number of aryl methyl sites for hydroxylation is 1. The van der Waals surface area contributed by atoms with Crippen LogP contribution >= 0.6 is 22.6 Å². The van der Waals surface area contributed by atoms with Gasteiger partial charge in [-0.25, -0.2) is 4.39 Å². The second-order valence-corrected chi connectivity index (χ2v) is 4.41. The molecular formula is C10H13FIN. The third-order valence-corrected chi connectivity index (χ3v) is 2.89. The van der Waals surface area contributed by atoms with Crippen LogP contribution in [-0.2, 0) is 6.42 Å². The van der Waals surface area contributed by atoms with Crippen LogP contribution in [0.4, 0.5) is 4.39 Å². The summed E-state index contributed by atoms with van der Waals surface area (Å²) in [5.41, 5.74) is 6.82. The molecule has 72 valence electrons. The Labute approximate surface area is 91.7 Å². The monoisotopic (exact) mass is 293 g/mol. The lowest BCUT2D eigenvalue weighted by atomic mass is 10.1. The molecule has 0 bridgehead atoms. The molecule has 0 spiro atoms. The zero-order valence-electron chi connectivity index (χ0n) is 7.56. The van der Waals surface area contributed by atoms with Crippen molar-refractivity contribution < 1.29 is 4.39 Å². The first-order valence-corrected chi connectivity index (χ1v) is 5.37. The molecule has 0 aliphatic rings. The summed E-state index contributed by atoms with van der Waals surface area (Å²) >= 11 is 2.15. The van der Waals surface area contributed by atoms with Crippen LogP contribution in [-0.4, -0.2) is 6.04 Å². The van der Waals surface area contributed by atoms with Crippen molar-refractivity contribution in [2.24, 2.45) is 5.73 Å². The number of hydrogen-bond acceptors (Lipinski definition) is 1. The van der Waals surface area contributed by atoms with Crippen LogP contribution in [0.1, 0.15) is 18.9 Å². The zero-order valence-corrected chi connectivity index (χ0v) is 9.71. The number of nitrogens with two attached hydrogens (primary N) is 1. The van der Waals surface area contributed by atoms with Crippen molar-refractivity contribution in [3.05, 3.63) is 33.1 Å². The van der Waals surface area contributed by atoms with Crippen molar-refractivity contribution in [3.8, 4) is 0 Å². The van der Waals surface area contributed by atoms with Crippen molar-refractivity contribution >= 4 is 22.6 Å². The average molecular weight is 293 g/mol. The highest BCUT2D eigenvalue weighted by atomic mass is 127. The highest BCUT2D eigenvalue weighted by Gasteiger charge is 2.02. The Bertz CT molecular complexity index is 286. The normalized spacial score (nSPS) is 12.9. The molecule has 3 heteroatoms. The summed E-state index contributed by atoms with van der Waals surface area (Å²) in [5, 5.41) is 0. The van der Waals surface area contributed by atoms with Crippen LogP contribution in [0, 0.1) is 9.39 Å². The lowest BCUT2D eigenvalue weighted by Gasteiger charge is -2.06. The van der Waals surface area contributed by atoms with Crippen LogP contribution in [0.25, 0.3) is 0 Å². The third-order valence-electron chi connectivity index (χ3n) is 1.88. The van der Waals surface area contributed by atoms with E-state index in [0.717, 1.165) is 16.4 Å². The first-order chi connectivity index (χ1) is 6.09. The minimum atomic E-state index is -0.172. The molecule has 2 N–H and O–H groups in total. The Morgan fingerprint density at radius 1 is 1.54 bits per heavy atom. The van der Waals surface area contributed by atoms with Gasteiger partial charge in [0.25, 0.3) is 0 Å². The molecule has 0 aromatic heterocycles. The van der Waals surface area contributed by atoms with Gasteiger partial charge in [-0.2, -0.15) is 0 Å². The van der Waals surface area contributed by atoms with E-state index in [9.17, 15) is 4.39 Å². The molecule has 0 saturated carbocycles. The highest BCUT2D eigenvalue weighted by molar-refractivity contribution is 14.1. The van der Waals surface area contributed by atoms with E-state index in [1.165, 1.54) is 11.6 Å². The van der Waals surface area contributed by atoms with Crippen LogP contribution in [0.2, 0.25) is 0 Å². The van der Waals surface area contributed by atoms with E-state index in [0.29, 0.717) is 0 Å². The summed E-state index contributed by atoms with van der Waals surface area (Å²) in [5.74, 6) is -0.172. The molecule has 0 saturated heterocycles. The van der Waals surface area contributed by atoms with Gasteiger partial charge in [-0.05, 0) is 60.1 Å². The summed E-state index contributed by atoms with van der Waals surface area (Å²) in [6.45, 7) is 1.98. The lowest BCUT2D eigenvalue weighted by molar-refractivity contribution is 0.623. The van der Waals surface area contributed by atoms with Crippen molar-refractivity contribution in [2.45, 2.75) is 25.8 Å². The first kappa shape index (κ1) is 10.9. The molecule has 13 heavy (non-hydrogen) atoms. The summed E-state index contributed by atoms with van der Waals surface area (Å²) in [6.07, 6.45) is 1.87. The van der Waals surface area contributed by atoms with Gasteiger partial charge in [-0.3, -0.25) is 0 Å². The summed E-state index contributed by atoms with van der Waals surface area (Å²) in [7, 11) is 0. The summed E-state index contributed by atoms with van der Waals surface area (Å²) in [6, 6.07) is 5.09. The maximum absolute atomic E-state index is 12.7. The fourth-order valence-corrected chi connectivity index (χ4v) is 1.85. The number of rotatable bonds is 3.